The van der Waals surface area contributed by atoms with Crippen LogP contribution in [0, 0.1) is 5.92 Å². The highest BCUT2D eigenvalue weighted by atomic mass is 16.4. The minimum absolute atomic E-state index is 0.0689. The maximum atomic E-state index is 12.4. The van der Waals surface area contributed by atoms with Crippen LogP contribution in [-0.4, -0.2) is 52.1 Å². The van der Waals surface area contributed by atoms with E-state index in [1.54, 1.807) is 0 Å². The third-order valence-corrected chi connectivity index (χ3v) is 4.72. The van der Waals surface area contributed by atoms with Gasteiger partial charge in [0.15, 0.2) is 0 Å². The van der Waals surface area contributed by atoms with Crippen molar-refractivity contribution >= 4 is 12.0 Å². The number of carbonyl (C=O) groups is 2. The number of hydrogen-bond acceptors (Lipinski definition) is 2. The van der Waals surface area contributed by atoms with Crippen LogP contribution < -0.4 is 0 Å². The average molecular weight is 252 g/mol. The Hall–Kier alpha value is -1.26. The fraction of sp³-hybridized carbons (Fsp3) is 0.846. The van der Waals surface area contributed by atoms with Crippen molar-refractivity contribution in [2.24, 2.45) is 5.92 Å². The lowest BCUT2D eigenvalue weighted by Crippen LogP contribution is -2.43. The van der Waals surface area contributed by atoms with E-state index in [0.717, 1.165) is 38.8 Å². The van der Waals surface area contributed by atoms with E-state index in [1.165, 1.54) is 6.42 Å². The maximum absolute atomic E-state index is 12.4. The second-order valence-corrected chi connectivity index (χ2v) is 5.72. The number of carbonyl (C=O) groups excluding carboxylic acids is 1. The summed E-state index contributed by atoms with van der Waals surface area (Å²) >= 11 is 0. The third-order valence-electron chi connectivity index (χ3n) is 4.72. The maximum Gasteiger partial charge on any atom is 0.320 e. The summed E-state index contributed by atoms with van der Waals surface area (Å²) in [6.07, 6.45) is 5.85. The number of fused-ring (bicyclic) bond motifs is 1. The summed E-state index contributed by atoms with van der Waals surface area (Å²) in [5.41, 5.74) is 0. The molecule has 0 aromatic carbocycles. The van der Waals surface area contributed by atoms with Crippen LogP contribution in [0.3, 0.4) is 0 Å². The molecule has 0 aromatic rings. The summed E-state index contributed by atoms with van der Waals surface area (Å²) in [5.74, 6) is -1.09. The van der Waals surface area contributed by atoms with Crippen molar-refractivity contribution in [1.82, 2.24) is 9.80 Å². The normalized spacial score (nSPS) is 36.0. The SMILES string of the molecule is O=C(O)[C@@H]1CCC[C@@H]1N1C[C@@H]2CCCCN2C1=O. The lowest BCUT2D eigenvalue weighted by molar-refractivity contribution is -0.142. The van der Waals surface area contributed by atoms with E-state index in [0.29, 0.717) is 12.5 Å². The van der Waals surface area contributed by atoms with Gasteiger partial charge in [0.2, 0.25) is 0 Å². The number of carboxylic acid groups (broad SMARTS) is 1. The predicted molar refractivity (Wildman–Crippen MR) is 65.2 cm³/mol. The molecule has 100 valence electrons. The Bertz CT molecular complexity index is 371. The van der Waals surface area contributed by atoms with Gasteiger partial charge in [-0.2, -0.15) is 0 Å². The lowest BCUT2D eigenvalue weighted by atomic mass is 10.0. The number of carboxylic acids is 1. The van der Waals surface area contributed by atoms with E-state index < -0.39 is 5.97 Å². The van der Waals surface area contributed by atoms with E-state index in [2.05, 4.69) is 0 Å². The number of aliphatic carboxylic acids is 1. The van der Waals surface area contributed by atoms with Crippen LogP contribution in [-0.2, 0) is 4.79 Å². The van der Waals surface area contributed by atoms with Gasteiger partial charge in [-0.25, -0.2) is 4.79 Å². The summed E-state index contributed by atoms with van der Waals surface area (Å²) in [5, 5.41) is 9.24. The van der Waals surface area contributed by atoms with Gasteiger partial charge < -0.3 is 14.9 Å². The molecule has 0 bridgehead atoms. The van der Waals surface area contributed by atoms with Crippen molar-refractivity contribution in [3.05, 3.63) is 0 Å². The topological polar surface area (TPSA) is 60.9 Å². The Balaban J connectivity index is 1.76. The van der Waals surface area contributed by atoms with Gasteiger partial charge in [-0.3, -0.25) is 4.79 Å². The zero-order valence-corrected chi connectivity index (χ0v) is 10.5. The van der Waals surface area contributed by atoms with Gasteiger partial charge in [-0.15, -0.1) is 0 Å². The van der Waals surface area contributed by atoms with Crippen LogP contribution in [0.2, 0.25) is 0 Å². The second-order valence-electron chi connectivity index (χ2n) is 5.72. The zero-order valence-electron chi connectivity index (χ0n) is 10.5. The van der Waals surface area contributed by atoms with Gasteiger partial charge in [0.25, 0.3) is 0 Å². The van der Waals surface area contributed by atoms with Gasteiger partial charge in [0.05, 0.1) is 12.0 Å². The molecule has 5 heteroatoms. The fourth-order valence-corrected chi connectivity index (χ4v) is 3.79. The standard InChI is InChI=1S/C13H20N2O3/c16-12(17)10-5-3-6-11(10)15-8-9-4-1-2-7-14(9)13(15)18/h9-11H,1-8H2,(H,16,17)/t9-,10+,11-/m0/s1. The predicted octanol–water partition coefficient (Wildman–Crippen LogP) is 1.53. The van der Waals surface area contributed by atoms with E-state index in [4.69, 9.17) is 0 Å². The first-order valence-corrected chi connectivity index (χ1v) is 6.98. The van der Waals surface area contributed by atoms with Crippen LogP contribution in [0.1, 0.15) is 38.5 Å². The highest BCUT2D eigenvalue weighted by Gasteiger charge is 2.46. The molecule has 3 rings (SSSR count). The molecule has 1 saturated carbocycles. The Labute approximate surface area is 107 Å². The number of amides is 2. The molecule has 2 heterocycles. The molecule has 0 aromatic heterocycles. The van der Waals surface area contributed by atoms with Crippen LogP contribution >= 0.6 is 0 Å². The summed E-state index contributed by atoms with van der Waals surface area (Å²) in [7, 11) is 0. The van der Waals surface area contributed by atoms with E-state index >= 15 is 0 Å². The third kappa shape index (κ3) is 1.76. The second kappa shape index (κ2) is 4.44. The number of urea groups is 1. The van der Waals surface area contributed by atoms with Crippen LogP contribution in [0.5, 0.6) is 0 Å². The smallest absolute Gasteiger partial charge is 0.320 e. The van der Waals surface area contributed by atoms with Crippen molar-refractivity contribution in [1.29, 1.82) is 0 Å². The molecule has 0 radical (unpaired) electrons. The molecule has 2 amide bonds. The first kappa shape index (κ1) is 11.8. The van der Waals surface area contributed by atoms with E-state index in [-0.39, 0.29) is 18.0 Å². The number of hydrogen-bond donors (Lipinski definition) is 1. The molecule has 3 fully saturated rings. The molecule has 1 aliphatic carbocycles. The van der Waals surface area contributed by atoms with Gasteiger partial charge in [0, 0.05) is 19.1 Å². The van der Waals surface area contributed by atoms with Crippen molar-refractivity contribution < 1.29 is 14.7 Å². The lowest BCUT2D eigenvalue weighted by Gasteiger charge is -2.28. The molecule has 5 nitrogen and oxygen atoms in total. The Morgan fingerprint density at radius 2 is 1.94 bits per heavy atom. The highest BCUT2D eigenvalue weighted by molar-refractivity contribution is 5.79. The summed E-state index contributed by atoms with van der Waals surface area (Å²) in [4.78, 5) is 27.4. The number of piperidine rings is 1. The van der Waals surface area contributed by atoms with Gasteiger partial charge in [-0.05, 0) is 32.1 Å². The number of rotatable bonds is 2. The summed E-state index contributed by atoms with van der Waals surface area (Å²) in [6.45, 7) is 1.59. The molecule has 18 heavy (non-hydrogen) atoms. The highest BCUT2D eigenvalue weighted by Crippen LogP contribution is 2.35. The summed E-state index contributed by atoms with van der Waals surface area (Å²) < 4.78 is 0. The monoisotopic (exact) mass is 252 g/mol. The van der Waals surface area contributed by atoms with Gasteiger partial charge in [0.1, 0.15) is 0 Å². The molecule has 2 saturated heterocycles. The molecule has 3 aliphatic rings. The average Bonchev–Trinajstić information content (AvgIpc) is 2.94. The summed E-state index contributed by atoms with van der Waals surface area (Å²) in [6, 6.07) is 0.347. The Morgan fingerprint density at radius 1 is 1.11 bits per heavy atom. The molecule has 2 aliphatic heterocycles. The fourth-order valence-electron chi connectivity index (χ4n) is 3.79. The Kier molecular flexibility index (Phi) is 2.92. The van der Waals surface area contributed by atoms with Crippen molar-refractivity contribution in [3.63, 3.8) is 0 Å². The molecule has 0 unspecified atom stereocenters. The number of nitrogens with zero attached hydrogens (tertiary/aromatic N) is 2. The van der Waals surface area contributed by atoms with E-state index in [9.17, 15) is 14.7 Å². The van der Waals surface area contributed by atoms with Crippen LogP contribution in [0.4, 0.5) is 4.79 Å². The quantitative estimate of drug-likeness (QED) is 0.810. The minimum Gasteiger partial charge on any atom is -0.481 e. The van der Waals surface area contributed by atoms with Crippen molar-refractivity contribution in [3.8, 4) is 0 Å². The first-order valence-electron chi connectivity index (χ1n) is 6.98. The van der Waals surface area contributed by atoms with Crippen LogP contribution in [0.25, 0.3) is 0 Å². The minimum atomic E-state index is -0.741. The molecule has 1 N–H and O–H groups in total. The van der Waals surface area contributed by atoms with Crippen molar-refractivity contribution in [2.45, 2.75) is 50.6 Å². The molecule has 3 atom stereocenters. The van der Waals surface area contributed by atoms with Crippen LogP contribution in [0.15, 0.2) is 0 Å². The van der Waals surface area contributed by atoms with E-state index in [1.807, 2.05) is 9.80 Å². The van der Waals surface area contributed by atoms with Gasteiger partial charge in [-0.1, -0.05) is 6.42 Å². The Morgan fingerprint density at radius 3 is 2.67 bits per heavy atom. The first-order chi connectivity index (χ1) is 8.68. The van der Waals surface area contributed by atoms with Crippen molar-refractivity contribution in [2.75, 3.05) is 13.1 Å². The zero-order chi connectivity index (χ0) is 12.7. The largest absolute Gasteiger partial charge is 0.481 e. The molecular formula is C13H20N2O3. The van der Waals surface area contributed by atoms with Gasteiger partial charge >= 0.3 is 12.0 Å². The molecular weight excluding hydrogens is 232 g/mol. The molecule has 0 spiro atoms.